The molecule has 0 amide bonds. The minimum Gasteiger partial charge on any atom is -0.496 e. The van der Waals surface area contributed by atoms with E-state index in [1.807, 2.05) is 32.9 Å². The van der Waals surface area contributed by atoms with Crippen LogP contribution >= 0.6 is 0 Å². The number of carbonyl (C=O) groups excluding carboxylic acids is 1. The summed E-state index contributed by atoms with van der Waals surface area (Å²) in [5, 5.41) is 4.45. The molecule has 0 spiro atoms. The number of methoxy groups -OCH3 is 1. The zero-order chi connectivity index (χ0) is 22.5. The number of nitrogens with one attached hydrogen (secondary N) is 1. The molecule has 0 saturated carbocycles. The van der Waals surface area contributed by atoms with E-state index in [4.69, 9.17) is 9.47 Å². The van der Waals surface area contributed by atoms with Crippen LogP contribution in [0.2, 0.25) is 0 Å². The zero-order valence-corrected chi connectivity index (χ0v) is 19.2. The van der Waals surface area contributed by atoms with E-state index in [2.05, 4.69) is 53.4 Å². The Morgan fingerprint density at radius 1 is 1.13 bits per heavy atom. The number of aryl methyl sites for hydroxylation is 2. The quantitative estimate of drug-likeness (QED) is 0.485. The molecule has 0 saturated heterocycles. The summed E-state index contributed by atoms with van der Waals surface area (Å²) < 4.78 is 10.8. The molecular weight excluding hydrogens is 390 g/mol. The molecule has 2 atom stereocenters. The maximum Gasteiger partial charge on any atom is 0.306 e. The van der Waals surface area contributed by atoms with Gasteiger partial charge in [-0.2, -0.15) is 0 Å². The van der Waals surface area contributed by atoms with Gasteiger partial charge < -0.3 is 14.8 Å². The second-order valence-corrected chi connectivity index (χ2v) is 7.92. The molecule has 0 fully saturated rings. The van der Waals surface area contributed by atoms with Crippen molar-refractivity contribution < 1.29 is 14.3 Å². The van der Waals surface area contributed by atoms with Gasteiger partial charge in [-0.3, -0.25) is 4.79 Å². The number of ether oxygens (including phenoxy) is 2. The summed E-state index contributed by atoms with van der Waals surface area (Å²) in [5.41, 5.74) is 4.14. The summed E-state index contributed by atoms with van der Waals surface area (Å²) in [7, 11) is 1.63. The summed E-state index contributed by atoms with van der Waals surface area (Å²) in [5.74, 6) is 1.87. The van der Waals surface area contributed by atoms with Crippen LogP contribution in [0.1, 0.15) is 61.7 Å². The Balaban J connectivity index is 2.02. The maximum atomic E-state index is 12.0. The van der Waals surface area contributed by atoms with Crippen molar-refractivity contribution in [2.24, 2.45) is 0 Å². The van der Waals surface area contributed by atoms with Gasteiger partial charge in [-0.05, 0) is 50.8 Å². The predicted octanol–water partition coefficient (Wildman–Crippen LogP) is 5.49. The number of fused-ring (bicyclic) bond motifs is 1. The van der Waals surface area contributed by atoms with Gasteiger partial charge in [0.05, 0.1) is 25.7 Å². The van der Waals surface area contributed by atoms with Gasteiger partial charge in [0.2, 0.25) is 0 Å². The lowest BCUT2D eigenvalue weighted by molar-refractivity contribution is -0.143. The van der Waals surface area contributed by atoms with Crippen molar-refractivity contribution in [3.63, 3.8) is 0 Å². The number of anilines is 1. The minimum atomic E-state index is -0.219. The van der Waals surface area contributed by atoms with E-state index in [1.165, 1.54) is 11.1 Å². The zero-order valence-electron chi connectivity index (χ0n) is 19.2. The molecule has 164 valence electrons. The van der Waals surface area contributed by atoms with Gasteiger partial charge in [-0.15, -0.1) is 0 Å². The first-order chi connectivity index (χ1) is 14.8. The Morgan fingerprint density at radius 2 is 1.90 bits per heavy atom. The molecule has 0 radical (unpaired) electrons. The largest absolute Gasteiger partial charge is 0.496 e. The second kappa shape index (κ2) is 9.77. The minimum absolute atomic E-state index is 0.0678. The van der Waals surface area contributed by atoms with E-state index in [-0.39, 0.29) is 24.3 Å². The smallest absolute Gasteiger partial charge is 0.306 e. The summed E-state index contributed by atoms with van der Waals surface area (Å²) in [6.07, 6.45) is 0.283. The monoisotopic (exact) mass is 421 g/mol. The lowest BCUT2D eigenvalue weighted by Crippen LogP contribution is -2.11. The van der Waals surface area contributed by atoms with E-state index in [9.17, 15) is 4.79 Å². The lowest BCUT2D eigenvalue weighted by Gasteiger charge is -2.20. The van der Waals surface area contributed by atoms with Gasteiger partial charge in [-0.1, -0.05) is 36.8 Å². The molecule has 3 aromatic rings. The van der Waals surface area contributed by atoms with Gasteiger partial charge in [-0.25, -0.2) is 9.97 Å². The molecule has 0 aliphatic carbocycles. The van der Waals surface area contributed by atoms with Crippen LogP contribution in [0.3, 0.4) is 0 Å². The number of aromatic nitrogens is 2. The van der Waals surface area contributed by atoms with Crippen LogP contribution in [0.15, 0.2) is 36.4 Å². The van der Waals surface area contributed by atoms with Crippen LogP contribution < -0.4 is 10.1 Å². The summed E-state index contributed by atoms with van der Waals surface area (Å²) >= 11 is 0. The number of carbonyl (C=O) groups is 1. The highest BCUT2D eigenvalue weighted by molar-refractivity contribution is 5.91. The van der Waals surface area contributed by atoms with Crippen molar-refractivity contribution in [1.82, 2.24) is 9.97 Å². The van der Waals surface area contributed by atoms with Crippen LogP contribution in [-0.4, -0.2) is 29.7 Å². The van der Waals surface area contributed by atoms with E-state index in [0.29, 0.717) is 18.2 Å². The fraction of sp³-hybridized carbons (Fsp3) is 0.400. The van der Waals surface area contributed by atoms with Crippen molar-refractivity contribution in [2.45, 2.75) is 53.0 Å². The van der Waals surface area contributed by atoms with Crippen LogP contribution in [0.4, 0.5) is 5.82 Å². The van der Waals surface area contributed by atoms with Gasteiger partial charge in [0.1, 0.15) is 17.4 Å². The lowest BCUT2D eigenvalue weighted by atomic mass is 9.95. The highest BCUT2D eigenvalue weighted by atomic mass is 16.5. The number of hydrogen-bond acceptors (Lipinski definition) is 6. The Bertz CT molecular complexity index is 1080. The predicted molar refractivity (Wildman–Crippen MR) is 124 cm³/mol. The maximum absolute atomic E-state index is 12.0. The van der Waals surface area contributed by atoms with Gasteiger partial charge >= 0.3 is 5.97 Å². The van der Waals surface area contributed by atoms with Crippen molar-refractivity contribution in [3.05, 3.63) is 58.9 Å². The van der Waals surface area contributed by atoms with Crippen LogP contribution in [-0.2, 0) is 9.53 Å². The molecule has 6 nitrogen and oxygen atoms in total. The fourth-order valence-electron chi connectivity index (χ4n) is 3.77. The standard InChI is InChI=1S/C25H31N3O3/c1-7-31-24(29)12-16(3)20-13-21-22(14-23(20)30-6)27-18(5)28-25(21)26-17(4)19-10-8-9-15(2)11-19/h8-11,13-14,16-17H,7,12H2,1-6H3,(H,26,27,28)/t16?,17-/m1/s1. The highest BCUT2D eigenvalue weighted by Gasteiger charge is 2.20. The molecule has 6 heteroatoms. The van der Waals surface area contributed by atoms with Crippen LogP contribution in [0.25, 0.3) is 10.9 Å². The topological polar surface area (TPSA) is 73.3 Å². The molecule has 1 aromatic heterocycles. The SMILES string of the molecule is CCOC(=O)CC(C)c1cc2c(N[C@H](C)c3cccc(C)c3)nc(C)nc2cc1OC. The molecule has 1 N–H and O–H groups in total. The number of esters is 1. The highest BCUT2D eigenvalue weighted by Crippen LogP contribution is 2.35. The molecule has 2 aromatic carbocycles. The van der Waals surface area contributed by atoms with Gasteiger partial charge in [0.25, 0.3) is 0 Å². The molecular formula is C25H31N3O3. The Labute approximate surface area is 184 Å². The molecule has 0 aliphatic rings. The molecule has 0 bridgehead atoms. The van der Waals surface area contributed by atoms with Crippen molar-refractivity contribution >= 4 is 22.7 Å². The number of benzene rings is 2. The first-order valence-corrected chi connectivity index (χ1v) is 10.7. The van der Waals surface area contributed by atoms with Crippen LogP contribution in [0.5, 0.6) is 5.75 Å². The average molecular weight is 422 g/mol. The number of nitrogens with zero attached hydrogens (tertiary/aromatic N) is 2. The third kappa shape index (κ3) is 5.32. The molecule has 1 heterocycles. The van der Waals surface area contributed by atoms with E-state index < -0.39 is 0 Å². The van der Waals surface area contributed by atoms with Crippen LogP contribution in [0, 0.1) is 13.8 Å². The molecule has 0 aliphatic heterocycles. The van der Waals surface area contributed by atoms with Crippen molar-refractivity contribution in [1.29, 1.82) is 0 Å². The first-order valence-electron chi connectivity index (χ1n) is 10.7. The van der Waals surface area contributed by atoms with Gasteiger partial charge in [0, 0.05) is 17.5 Å². The second-order valence-electron chi connectivity index (χ2n) is 7.92. The average Bonchev–Trinajstić information content (AvgIpc) is 2.72. The molecule has 31 heavy (non-hydrogen) atoms. The van der Waals surface area contributed by atoms with E-state index in [0.717, 1.165) is 22.3 Å². The van der Waals surface area contributed by atoms with Crippen molar-refractivity contribution in [2.75, 3.05) is 19.0 Å². The molecule has 3 rings (SSSR count). The summed E-state index contributed by atoms with van der Waals surface area (Å²) in [6.45, 7) is 10.3. The van der Waals surface area contributed by atoms with E-state index >= 15 is 0 Å². The Morgan fingerprint density at radius 3 is 2.58 bits per heavy atom. The molecule has 1 unspecified atom stereocenters. The first kappa shape index (κ1) is 22.5. The third-order valence-electron chi connectivity index (χ3n) is 5.36. The number of hydrogen-bond donors (Lipinski definition) is 1. The normalized spacial score (nSPS) is 13.0. The summed E-state index contributed by atoms with van der Waals surface area (Å²) in [6, 6.07) is 12.4. The summed E-state index contributed by atoms with van der Waals surface area (Å²) in [4.78, 5) is 21.3. The van der Waals surface area contributed by atoms with E-state index in [1.54, 1.807) is 7.11 Å². The Kier molecular flexibility index (Phi) is 7.10. The van der Waals surface area contributed by atoms with Gasteiger partial charge in [0.15, 0.2) is 0 Å². The number of rotatable bonds is 8. The fourth-order valence-corrected chi connectivity index (χ4v) is 3.77. The Hall–Kier alpha value is -3.15. The van der Waals surface area contributed by atoms with Crippen molar-refractivity contribution in [3.8, 4) is 5.75 Å². The third-order valence-corrected chi connectivity index (χ3v) is 5.36.